The normalized spacial score (nSPS) is 17.9. The summed E-state index contributed by atoms with van der Waals surface area (Å²) in [5.74, 6) is 0.444. The minimum atomic E-state index is -0.172. The Morgan fingerprint density at radius 2 is 2.00 bits per heavy atom. The van der Waals surface area contributed by atoms with Crippen LogP contribution in [0.4, 0.5) is 4.39 Å². The Kier molecular flexibility index (Phi) is 4.07. The fourth-order valence-electron chi connectivity index (χ4n) is 2.78. The van der Waals surface area contributed by atoms with Crippen LogP contribution < -0.4 is 0 Å². The number of nitrogens with one attached hydrogen (secondary N) is 1. The van der Waals surface area contributed by atoms with E-state index in [-0.39, 0.29) is 22.8 Å². The Balaban J connectivity index is 0.00000120. The first kappa shape index (κ1) is 13.6. The van der Waals surface area contributed by atoms with Crippen molar-refractivity contribution in [3.05, 3.63) is 35.8 Å². The molecule has 2 aromatic rings. The van der Waals surface area contributed by atoms with Crippen molar-refractivity contribution >= 4 is 27.9 Å². The van der Waals surface area contributed by atoms with Crippen LogP contribution in [-0.2, 0) is 0 Å². The number of aromatic nitrogens is 1. The van der Waals surface area contributed by atoms with Crippen LogP contribution in [0.5, 0.6) is 0 Å². The van der Waals surface area contributed by atoms with E-state index in [9.17, 15) is 4.39 Å². The number of likely N-dealkylation sites (tertiary alicyclic amines) is 1. The molecule has 0 spiro atoms. The molecule has 1 fully saturated rings. The van der Waals surface area contributed by atoms with Gasteiger partial charge in [-0.15, -0.1) is 17.0 Å². The number of benzene rings is 1. The third-order valence-corrected chi connectivity index (χ3v) is 3.83. The molecule has 1 N–H and O–H groups in total. The van der Waals surface area contributed by atoms with Gasteiger partial charge in [-0.1, -0.05) is 0 Å². The second-order valence-electron chi connectivity index (χ2n) is 5.01. The first-order valence-electron chi connectivity index (χ1n) is 6.19. The molecule has 0 radical (unpaired) electrons. The molecule has 1 aliphatic rings. The van der Waals surface area contributed by atoms with E-state index in [0.717, 1.165) is 18.6 Å². The number of aromatic amines is 1. The molecule has 2 nitrogen and oxygen atoms in total. The van der Waals surface area contributed by atoms with Gasteiger partial charge in [0.2, 0.25) is 0 Å². The summed E-state index contributed by atoms with van der Waals surface area (Å²) in [5.41, 5.74) is 2.27. The van der Waals surface area contributed by atoms with Crippen molar-refractivity contribution in [2.75, 3.05) is 20.1 Å². The van der Waals surface area contributed by atoms with Crippen LogP contribution >= 0.6 is 17.0 Å². The Bertz CT molecular complexity index is 530. The molecule has 0 unspecified atom stereocenters. The van der Waals surface area contributed by atoms with Crippen LogP contribution in [0.25, 0.3) is 10.9 Å². The summed E-state index contributed by atoms with van der Waals surface area (Å²) < 4.78 is 13.1. The molecular weight excluding hydrogens is 295 g/mol. The maximum absolute atomic E-state index is 13.1. The molecule has 0 amide bonds. The Morgan fingerprint density at radius 1 is 1.28 bits per heavy atom. The van der Waals surface area contributed by atoms with Gasteiger partial charge in [0, 0.05) is 17.1 Å². The van der Waals surface area contributed by atoms with Crippen molar-refractivity contribution in [3.8, 4) is 0 Å². The van der Waals surface area contributed by atoms with E-state index in [1.807, 2.05) is 6.07 Å². The Hall–Kier alpha value is -0.870. The van der Waals surface area contributed by atoms with Crippen LogP contribution in [0, 0.1) is 5.82 Å². The Labute approximate surface area is 117 Å². The summed E-state index contributed by atoms with van der Waals surface area (Å²) >= 11 is 0. The zero-order valence-electron chi connectivity index (χ0n) is 10.4. The van der Waals surface area contributed by atoms with Gasteiger partial charge in [-0.05, 0) is 62.7 Å². The molecule has 1 saturated heterocycles. The van der Waals surface area contributed by atoms with Gasteiger partial charge in [0.05, 0.1) is 0 Å². The highest BCUT2D eigenvalue weighted by molar-refractivity contribution is 8.93. The molecule has 1 aliphatic heterocycles. The van der Waals surface area contributed by atoms with Gasteiger partial charge in [0.15, 0.2) is 0 Å². The van der Waals surface area contributed by atoms with Gasteiger partial charge in [-0.2, -0.15) is 0 Å². The molecule has 1 aromatic carbocycles. The number of nitrogens with zero attached hydrogens (tertiary/aromatic N) is 1. The fraction of sp³-hybridized carbons (Fsp3) is 0.429. The van der Waals surface area contributed by atoms with Crippen LogP contribution in [-0.4, -0.2) is 30.0 Å². The van der Waals surface area contributed by atoms with Gasteiger partial charge in [-0.25, -0.2) is 4.39 Å². The standard InChI is InChI=1S/C14H17FN2.BrH/c1-17-6-4-10(5-7-17)13-9-16-14-8-11(15)2-3-12(13)14;/h2-3,8-10,16H,4-7H2,1H3;1H. The number of rotatable bonds is 1. The average Bonchev–Trinajstić information content (AvgIpc) is 2.73. The van der Waals surface area contributed by atoms with Gasteiger partial charge >= 0.3 is 0 Å². The summed E-state index contributed by atoms with van der Waals surface area (Å²) in [6.45, 7) is 2.30. The van der Waals surface area contributed by atoms with E-state index in [1.165, 1.54) is 23.8 Å². The van der Waals surface area contributed by atoms with E-state index >= 15 is 0 Å². The third-order valence-electron chi connectivity index (χ3n) is 3.83. The molecule has 98 valence electrons. The van der Waals surface area contributed by atoms with Crippen LogP contribution in [0.2, 0.25) is 0 Å². The number of hydrogen-bond acceptors (Lipinski definition) is 1. The summed E-state index contributed by atoms with van der Waals surface area (Å²) in [4.78, 5) is 5.55. The van der Waals surface area contributed by atoms with Crippen molar-refractivity contribution in [2.45, 2.75) is 18.8 Å². The van der Waals surface area contributed by atoms with Crippen molar-refractivity contribution in [3.63, 3.8) is 0 Å². The van der Waals surface area contributed by atoms with E-state index in [1.54, 1.807) is 12.1 Å². The smallest absolute Gasteiger partial charge is 0.125 e. The van der Waals surface area contributed by atoms with Gasteiger partial charge < -0.3 is 9.88 Å². The topological polar surface area (TPSA) is 19.0 Å². The first-order valence-corrected chi connectivity index (χ1v) is 6.19. The molecule has 4 heteroatoms. The van der Waals surface area contributed by atoms with Crippen molar-refractivity contribution in [1.29, 1.82) is 0 Å². The molecule has 18 heavy (non-hydrogen) atoms. The fourth-order valence-corrected chi connectivity index (χ4v) is 2.78. The van der Waals surface area contributed by atoms with E-state index in [4.69, 9.17) is 0 Å². The lowest BCUT2D eigenvalue weighted by molar-refractivity contribution is 0.256. The molecule has 0 atom stereocenters. The van der Waals surface area contributed by atoms with E-state index in [0.29, 0.717) is 5.92 Å². The highest BCUT2D eigenvalue weighted by atomic mass is 79.9. The molecular formula is C14H18BrFN2. The summed E-state index contributed by atoms with van der Waals surface area (Å²) in [5, 5.41) is 1.18. The molecule has 3 rings (SSSR count). The molecule has 0 bridgehead atoms. The monoisotopic (exact) mass is 312 g/mol. The van der Waals surface area contributed by atoms with Crippen LogP contribution in [0.3, 0.4) is 0 Å². The minimum Gasteiger partial charge on any atom is -0.361 e. The van der Waals surface area contributed by atoms with Gasteiger partial charge in [0.1, 0.15) is 5.82 Å². The average molecular weight is 313 g/mol. The number of H-pyrrole nitrogens is 1. The van der Waals surface area contributed by atoms with Crippen molar-refractivity contribution in [2.24, 2.45) is 0 Å². The lowest BCUT2D eigenvalue weighted by Gasteiger charge is -2.28. The summed E-state index contributed by atoms with van der Waals surface area (Å²) in [7, 11) is 2.17. The molecule has 0 saturated carbocycles. The molecule has 1 aromatic heterocycles. The zero-order valence-corrected chi connectivity index (χ0v) is 12.2. The number of fused-ring (bicyclic) bond motifs is 1. The first-order chi connectivity index (χ1) is 8.24. The van der Waals surface area contributed by atoms with E-state index in [2.05, 4.69) is 23.1 Å². The second kappa shape index (κ2) is 5.41. The number of halogens is 2. The van der Waals surface area contributed by atoms with Gasteiger partial charge in [0.25, 0.3) is 0 Å². The lowest BCUT2D eigenvalue weighted by Crippen LogP contribution is -2.29. The molecule has 2 heterocycles. The lowest BCUT2D eigenvalue weighted by atomic mass is 9.89. The van der Waals surface area contributed by atoms with E-state index < -0.39 is 0 Å². The summed E-state index contributed by atoms with van der Waals surface area (Å²) in [6, 6.07) is 5.03. The molecule has 0 aliphatic carbocycles. The van der Waals surface area contributed by atoms with Crippen LogP contribution in [0.1, 0.15) is 24.3 Å². The zero-order chi connectivity index (χ0) is 11.8. The highest BCUT2D eigenvalue weighted by Crippen LogP contribution is 2.32. The SMILES string of the molecule is Br.CN1CCC(c2c[nH]c3cc(F)ccc23)CC1. The van der Waals surface area contributed by atoms with Crippen LogP contribution in [0.15, 0.2) is 24.4 Å². The predicted molar refractivity (Wildman–Crippen MR) is 78.1 cm³/mol. The number of piperidine rings is 1. The quantitative estimate of drug-likeness (QED) is 0.851. The predicted octanol–water partition coefficient (Wildman–Crippen LogP) is 3.69. The summed E-state index contributed by atoms with van der Waals surface area (Å²) in [6.07, 6.45) is 4.45. The Morgan fingerprint density at radius 3 is 2.72 bits per heavy atom. The third kappa shape index (κ3) is 2.45. The largest absolute Gasteiger partial charge is 0.361 e. The maximum atomic E-state index is 13.1. The van der Waals surface area contributed by atoms with Crippen molar-refractivity contribution in [1.82, 2.24) is 9.88 Å². The maximum Gasteiger partial charge on any atom is 0.125 e. The highest BCUT2D eigenvalue weighted by Gasteiger charge is 2.20. The van der Waals surface area contributed by atoms with Gasteiger partial charge in [-0.3, -0.25) is 0 Å². The second-order valence-corrected chi connectivity index (χ2v) is 5.01. The number of hydrogen-bond donors (Lipinski definition) is 1. The van der Waals surface area contributed by atoms with Crippen molar-refractivity contribution < 1.29 is 4.39 Å². The minimum absolute atomic E-state index is 0.